The van der Waals surface area contributed by atoms with Crippen molar-refractivity contribution in [2.45, 2.75) is 49.0 Å². The zero-order valence-electron chi connectivity index (χ0n) is 13.4. The van der Waals surface area contributed by atoms with Gasteiger partial charge in [0.25, 0.3) is 5.91 Å². The molecular weight excluding hydrogens is 359 g/mol. The van der Waals surface area contributed by atoms with E-state index in [9.17, 15) is 23.1 Å². The molecule has 3 atom stereocenters. The molecule has 2 aliphatic rings. The van der Waals surface area contributed by atoms with Crippen molar-refractivity contribution in [1.82, 2.24) is 10.4 Å². The van der Waals surface area contributed by atoms with Crippen molar-refractivity contribution in [3.05, 3.63) is 18.2 Å². The Balaban J connectivity index is 1.87. The van der Waals surface area contributed by atoms with Crippen molar-refractivity contribution < 1.29 is 27.8 Å². The van der Waals surface area contributed by atoms with Crippen molar-refractivity contribution in [1.29, 1.82) is 0 Å². The van der Waals surface area contributed by atoms with E-state index in [0.717, 1.165) is 11.8 Å². The van der Waals surface area contributed by atoms with Gasteiger partial charge in [-0.15, -0.1) is 24.9 Å². The van der Waals surface area contributed by atoms with Gasteiger partial charge in [-0.1, -0.05) is 0 Å². The first-order chi connectivity index (χ1) is 11.6. The van der Waals surface area contributed by atoms with E-state index in [1.54, 1.807) is 0 Å². The Morgan fingerprint density at radius 1 is 1.48 bits per heavy atom. The number of alkyl halides is 3. The number of ether oxygens (including phenoxy) is 1. The largest absolute Gasteiger partial charge is 0.573 e. The molecule has 0 spiro atoms. The van der Waals surface area contributed by atoms with Crippen LogP contribution in [0.1, 0.15) is 20.3 Å². The number of carbonyl (C=O) groups excluding carboxylic acids is 1. The smallest absolute Gasteiger partial charge is 0.406 e. The molecule has 1 saturated heterocycles. The lowest BCUT2D eigenvalue weighted by Crippen LogP contribution is -2.60. The summed E-state index contributed by atoms with van der Waals surface area (Å²) in [5, 5.41) is 10.2. The van der Waals surface area contributed by atoms with Crippen LogP contribution < -0.4 is 10.2 Å². The van der Waals surface area contributed by atoms with Crippen molar-refractivity contribution in [3.63, 3.8) is 0 Å². The molecule has 3 unspecified atom stereocenters. The molecule has 2 aliphatic heterocycles. The first-order valence-electron chi connectivity index (χ1n) is 7.55. The van der Waals surface area contributed by atoms with Crippen molar-refractivity contribution in [3.8, 4) is 5.75 Å². The number of nitrogens with one attached hydrogen (secondary N) is 1. The highest BCUT2D eigenvalue weighted by Crippen LogP contribution is 2.43. The van der Waals surface area contributed by atoms with Crippen LogP contribution in [0.4, 0.5) is 18.9 Å². The van der Waals surface area contributed by atoms with Gasteiger partial charge in [-0.05, 0) is 32.0 Å². The fraction of sp³-hybridized carbons (Fsp3) is 0.467. The summed E-state index contributed by atoms with van der Waals surface area (Å²) < 4.78 is 41.0. The predicted molar refractivity (Wildman–Crippen MR) is 85.6 cm³/mol. The molecule has 0 radical (unpaired) electrons. The van der Waals surface area contributed by atoms with Gasteiger partial charge < -0.3 is 9.84 Å². The molecule has 0 saturated carbocycles. The number of carbonyl (C=O) groups is 1. The number of rotatable bonds is 3. The summed E-state index contributed by atoms with van der Waals surface area (Å²) in [6.07, 6.45) is -5.18. The minimum Gasteiger partial charge on any atom is -0.406 e. The maximum atomic E-state index is 12.7. The summed E-state index contributed by atoms with van der Waals surface area (Å²) in [5.74, 6) is -0.649. The number of halogens is 3. The molecule has 2 heterocycles. The molecule has 1 aromatic carbocycles. The number of fused-ring (bicyclic) bond motifs is 2. The van der Waals surface area contributed by atoms with E-state index in [0.29, 0.717) is 22.7 Å². The highest BCUT2D eigenvalue weighted by atomic mass is 32.2. The van der Waals surface area contributed by atoms with E-state index < -0.39 is 17.8 Å². The van der Waals surface area contributed by atoms with E-state index in [-0.39, 0.29) is 17.7 Å². The SMILES string of the molecule is CC(O)NN1C(=O)C2Sc3cc(OC(F)(F)F)ccc3N=C2CC1C. The minimum atomic E-state index is -4.78. The Kier molecular flexibility index (Phi) is 4.69. The number of amides is 1. The number of aliphatic hydroxyl groups excluding tert-OH is 1. The van der Waals surface area contributed by atoms with Crippen LogP contribution in [0.2, 0.25) is 0 Å². The Labute approximate surface area is 146 Å². The molecule has 1 fully saturated rings. The molecule has 136 valence electrons. The van der Waals surface area contributed by atoms with Crippen LogP contribution in [0.3, 0.4) is 0 Å². The summed E-state index contributed by atoms with van der Waals surface area (Å²) in [7, 11) is 0. The number of aliphatic imine (C=N–C) groups is 1. The quantitative estimate of drug-likeness (QED) is 0.795. The normalized spacial score (nSPS) is 24.3. The number of piperidine rings is 1. The fourth-order valence-corrected chi connectivity index (χ4v) is 3.93. The Bertz CT molecular complexity index is 724. The average Bonchev–Trinajstić information content (AvgIpc) is 2.48. The number of hydrazine groups is 1. The number of aliphatic hydroxyl groups is 1. The van der Waals surface area contributed by atoms with Crippen molar-refractivity contribution >= 4 is 29.1 Å². The maximum absolute atomic E-state index is 12.7. The monoisotopic (exact) mass is 375 g/mol. The molecule has 6 nitrogen and oxygen atoms in total. The maximum Gasteiger partial charge on any atom is 0.573 e. The van der Waals surface area contributed by atoms with Gasteiger partial charge in [-0.2, -0.15) is 0 Å². The van der Waals surface area contributed by atoms with Crippen LogP contribution in [0.15, 0.2) is 28.1 Å². The highest BCUT2D eigenvalue weighted by Gasteiger charge is 2.41. The number of hydrogen-bond donors (Lipinski definition) is 2. The second kappa shape index (κ2) is 6.50. The lowest BCUT2D eigenvalue weighted by Gasteiger charge is -2.40. The van der Waals surface area contributed by atoms with E-state index in [1.165, 1.54) is 30.1 Å². The van der Waals surface area contributed by atoms with E-state index >= 15 is 0 Å². The summed E-state index contributed by atoms with van der Waals surface area (Å²) in [6.45, 7) is 3.32. The molecule has 10 heteroatoms. The van der Waals surface area contributed by atoms with Gasteiger partial charge in [0, 0.05) is 17.0 Å². The third kappa shape index (κ3) is 3.91. The predicted octanol–water partition coefficient (Wildman–Crippen LogP) is 2.60. The minimum absolute atomic E-state index is 0.202. The fourth-order valence-electron chi connectivity index (χ4n) is 2.76. The van der Waals surface area contributed by atoms with Gasteiger partial charge >= 0.3 is 6.36 Å². The third-order valence-corrected chi connectivity index (χ3v) is 5.00. The lowest BCUT2D eigenvalue weighted by atomic mass is 10.0. The van der Waals surface area contributed by atoms with Crippen LogP contribution in [0, 0.1) is 0 Å². The lowest BCUT2D eigenvalue weighted by molar-refractivity contribution is -0.274. The summed E-state index contributed by atoms with van der Waals surface area (Å²) in [4.78, 5) is 17.5. The van der Waals surface area contributed by atoms with Gasteiger partial charge in [0.1, 0.15) is 17.2 Å². The summed E-state index contributed by atoms with van der Waals surface area (Å²) >= 11 is 1.13. The van der Waals surface area contributed by atoms with Crippen molar-refractivity contribution in [2.24, 2.45) is 4.99 Å². The first-order valence-corrected chi connectivity index (χ1v) is 8.43. The molecule has 25 heavy (non-hydrogen) atoms. The zero-order chi connectivity index (χ0) is 18.4. The van der Waals surface area contributed by atoms with Crippen LogP contribution in [0.5, 0.6) is 5.75 Å². The standard InChI is InChI=1S/C15H16F3N3O3S/c1-7-5-11-13(14(23)21(7)20-8(2)22)25-12-6-9(24-15(16,17)18)3-4-10(12)19-11/h3-4,6-8,13,20,22H,5H2,1-2H3. The average molecular weight is 375 g/mol. The van der Waals surface area contributed by atoms with E-state index in [4.69, 9.17) is 0 Å². The molecular formula is C15H16F3N3O3S. The molecule has 3 rings (SSSR count). The molecule has 1 amide bonds. The second-order valence-electron chi connectivity index (χ2n) is 5.84. The zero-order valence-corrected chi connectivity index (χ0v) is 14.2. The first kappa shape index (κ1) is 18.0. The van der Waals surface area contributed by atoms with Gasteiger partial charge in [0.2, 0.25) is 0 Å². The number of thioether (sulfide) groups is 1. The summed E-state index contributed by atoms with van der Waals surface area (Å²) in [6, 6.07) is 3.67. The van der Waals surface area contributed by atoms with Gasteiger partial charge in [-0.3, -0.25) is 14.8 Å². The third-order valence-electron chi connectivity index (χ3n) is 3.71. The number of hydrogen-bond acceptors (Lipinski definition) is 6. The van der Waals surface area contributed by atoms with Gasteiger partial charge in [0.15, 0.2) is 0 Å². The number of nitrogens with zero attached hydrogens (tertiary/aromatic N) is 2. The van der Waals surface area contributed by atoms with Crippen LogP contribution in [-0.2, 0) is 4.79 Å². The number of benzene rings is 1. The molecule has 1 aromatic rings. The van der Waals surface area contributed by atoms with E-state index in [2.05, 4.69) is 15.2 Å². The Hall–Kier alpha value is -1.78. The molecule has 2 N–H and O–H groups in total. The van der Waals surface area contributed by atoms with E-state index in [1.807, 2.05) is 6.92 Å². The molecule has 0 aliphatic carbocycles. The van der Waals surface area contributed by atoms with Crippen molar-refractivity contribution in [2.75, 3.05) is 0 Å². The van der Waals surface area contributed by atoms with Crippen LogP contribution in [-0.4, -0.2) is 45.6 Å². The Morgan fingerprint density at radius 3 is 2.84 bits per heavy atom. The molecule has 0 bridgehead atoms. The molecule has 0 aromatic heterocycles. The highest BCUT2D eigenvalue weighted by molar-refractivity contribution is 8.01. The Morgan fingerprint density at radius 2 is 2.20 bits per heavy atom. The van der Waals surface area contributed by atoms with Crippen LogP contribution >= 0.6 is 11.8 Å². The summed E-state index contributed by atoms with van der Waals surface area (Å²) in [5.41, 5.74) is 3.86. The van der Waals surface area contributed by atoms with Gasteiger partial charge in [0.05, 0.1) is 11.7 Å². The second-order valence-corrected chi connectivity index (χ2v) is 6.99. The van der Waals surface area contributed by atoms with Crippen LogP contribution in [0.25, 0.3) is 0 Å². The topological polar surface area (TPSA) is 74.2 Å². The van der Waals surface area contributed by atoms with Gasteiger partial charge in [-0.25, -0.2) is 5.43 Å².